The predicted octanol–water partition coefficient (Wildman–Crippen LogP) is 1.98. The Kier molecular flexibility index (Phi) is 3.64. The number of morpholine rings is 1. The molecule has 3 atom stereocenters. The molecule has 0 N–H and O–H groups in total. The number of rotatable bonds is 2. The van der Waals surface area contributed by atoms with Gasteiger partial charge in [0.2, 0.25) is 5.91 Å². The van der Waals surface area contributed by atoms with Crippen LogP contribution in [0.3, 0.4) is 0 Å². The fourth-order valence-corrected chi connectivity index (χ4v) is 2.46. The topological polar surface area (TPSA) is 29.5 Å². The molecule has 0 saturated carbocycles. The maximum absolute atomic E-state index is 12.1. The lowest BCUT2D eigenvalue weighted by Gasteiger charge is -2.37. The first-order valence-corrected chi connectivity index (χ1v) is 6.24. The van der Waals surface area contributed by atoms with Crippen LogP contribution in [-0.2, 0) is 9.53 Å². The number of hydrogen-bond donors (Lipinski definition) is 0. The Hall–Kier alpha value is -0.830. The highest BCUT2D eigenvalue weighted by Gasteiger charge is 2.28. The van der Waals surface area contributed by atoms with Crippen molar-refractivity contribution in [3.63, 3.8) is 0 Å². The van der Waals surface area contributed by atoms with Crippen LogP contribution in [0.5, 0.6) is 0 Å². The fourth-order valence-electron chi connectivity index (χ4n) is 2.46. The zero-order valence-electron chi connectivity index (χ0n) is 10.2. The molecule has 1 heterocycles. The number of carbonyl (C=O) groups is 1. The second-order valence-corrected chi connectivity index (χ2v) is 5.01. The first-order valence-electron chi connectivity index (χ1n) is 6.24. The van der Waals surface area contributed by atoms with Crippen LogP contribution in [0.15, 0.2) is 12.2 Å². The van der Waals surface area contributed by atoms with E-state index in [1.165, 1.54) is 0 Å². The highest BCUT2D eigenvalue weighted by Crippen LogP contribution is 2.22. The monoisotopic (exact) mass is 223 g/mol. The van der Waals surface area contributed by atoms with E-state index < -0.39 is 0 Å². The lowest BCUT2D eigenvalue weighted by Crippen LogP contribution is -2.50. The molecule has 1 saturated heterocycles. The van der Waals surface area contributed by atoms with Crippen LogP contribution in [0.1, 0.15) is 33.1 Å². The van der Waals surface area contributed by atoms with Crippen molar-refractivity contribution in [1.82, 2.24) is 4.90 Å². The zero-order chi connectivity index (χ0) is 11.5. The minimum absolute atomic E-state index is 0.180. The summed E-state index contributed by atoms with van der Waals surface area (Å²) in [4.78, 5) is 14.1. The highest BCUT2D eigenvalue weighted by atomic mass is 16.5. The molecule has 90 valence electrons. The lowest BCUT2D eigenvalue weighted by atomic mass is 10.0. The van der Waals surface area contributed by atoms with E-state index in [4.69, 9.17) is 4.74 Å². The molecule has 1 fully saturated rings. The van der Waals surface area contributed by atoms with E-state index >= 15 is 0 Å². The molecule has 0 aromatic rings. The van der Waals surface area contributed by atoms with Crippen molar-refractivity contribution < 1.29 is 9.53 Å². The van der Waals surface area contributed by atoms with Gasteiger partial charge in [-0.1, -0.05) is 12.2 Å². The van der Waals surface area contributed by atoms with E-state index in [9.17, 15) is 4.79 Å². The molecule has 0 aromatic heterocycles. The quantitative estimate of drug-likeness (QED) is 0.670. The van der Waals surface area contributed by atoms with Gasteiger partial charge in [0, 0.05) is 13.0 Å². The van der Waals surface area contributed by atoms with Gasteiger partial charge in [-0.05, 0) is 32.6 Å². The highest BCUT2D eigenvalue weighted by molar-refractivity contribution is 5.77. The van der Waals surface area contributed by atoms with Gasteiger partial charge in [0.15, 0.2) is 0 Å². The second-order valence-electron chi connectivity index (χ2n) is 5.01. The number of nitrogens with zero attached hydrogens (tertiary/aromatic N) is 1. The van der Waals surface area contributed by atoms with Gasteiger partial charge in [0.1, 0.15) is 0 Å². The van der Waals surface area contributed by atoms with Crippen molar-refractivity contribution in [2.24, 2.45) is 5.92 Å². The molecule has 0 bridgehead atoms. The SMILES string of the molecule is C[C@@H]1CN(C(=O)C[C@@H]2C=CCC2)[C@H](C)CO1. The largest absolute Gasteiger partial charge is 0.375 e. The molecule has 0 aromatic carbocycles. The number of carbonyl (C=O) groups excluding carboxylic acids is 1. The van der Waals surface area contributed by atoms with Gasteiger partial charge in [-0.3, -0.25) is 4.79 Å². The molecule has 3 heteroatoms. The van der Waals surface area contributed by atoms with Gasteiger partial charge in [-0.15, -0.1) is 0 Å². The smallest absolute Gasteiger partial charge is 0.223 e. The number of amides is 1. The molecule has 0 radical (unpaired) electrons. The van der Waals surface area contributed by atoms with Crippen LogP contribution in [0.2, 0.25) is 0 Å². The Labute approximate surface area is 97.5 Å². The summed E-state index contributed by atoms with van der Waals surface area (Å²) in [6, 6.07) is 0.231. The number of hydrogen-bond acceptors (Lipinski definition) is 2. The van der Waals surface area contributed by atoms with Crippen LogP contribution in [0.4, 0.5) is 0 Å². The van der Waals surface area contributed by atoms with Gasteiger partial charge in [0.05, 0.1) is 18.8 Å². The summed E-state index contributed by atoms with van der Waals surface area (Å²) in [5.41, 5.74) is 0. The first kappa shape index (κ1) is 11.6. The maximum atomic E-state index is 12.1. The Morgan fingerprint density at radius 1 is 1.50 bits per heavy atom. The van der Waals surface area contributed by atoms with E-state index in [1.54, 1.807) is 0 Å². The Morgan fingerprint density at radius 3 is 3.00 bits per heavy atom. The lowest BCUT2D eigenvalue weighted by molar-refractivity contribution is -0.143. The van der Waals surface area contributed by atoms with Crippen LogP contribution in [-0.4, -0.2) is 36.1 Å². The minimum Gasteiger partial charge on any atom is -0.375 e. The fraction of sp³-hybridized carbons (Fsp3) is 0.769. The van der Waals surface area contributed by atoms with Gasteiger partial charge < -0.3 is 9.64 Å². The summed E-state index contributed by atoms with van der Waals surface area (Å²) in [6.45, 7) is 5.51. The van der Waals surface area contributed by atoms with Crippen molar-refractivity contribution in [2.45, 2.75) is 45.3 Å². The Morgan fingerprint density at radius 2 is 2.31 bits per heavy atom. The minimum atomic E-state index is 0.180. The summed E-state index contributed by atoms with van der Waals surface area (Å²) in [5.74, 6) is 0.761. The van der Waals surface area contributed by atoms with Crippen molar-refractivity contribution in [3.8, 4) is 0 Å². The van der Waals surface area contributed by atoms with Gasteiger partial charge in [-0.2, -0.15) is 0 Å². The standard InChI is InChI=1S/C13H21NO2/c1-10-9-16-11(2)8-14(10)13(15)7-12-5-3-4-6-12/h3,5,10-12H,4,6-9H2,1-2H3/t10-,11-,12-/m1/s1. The third-order valence-corrected chi connectivity index (χ3v) is 3.48. The van der Waals surface area contributed by atoms with Crippen molar-refractivity contribution >= 4 is 5.91 Å². The normalized spacial score (nSPS) is 34.4. The predicted molar refractivity (Wildman–Crippen MR) is 63.1 cm³/mol. The molecule has 1 aliphatic heterocycles. The van der Waals surface area contributed by atoms with Gasteiger partial charge in [0.25, 0.3) is 0 Å². The van der Waals surface area contributed by atoms with Crippen molar-refractivity contribution in [2.75, 3.05) is 13.2 Å². The van der Waals surface area contributed by atoms with Crippen LogP contribution in [0, 0.1) is 5.92 Å². The summed E-state index contributed by atoms with van der Waals surface area (Å²) >= 11 is 0. The summed E-state index contributed by atoms with van der Waals surface area (Å²) < 4.78 is 5.53. The average Bonchev–Trinajstić information content (AvgIpc) is 2.74. The Balaban J connectivity index is 1.89. The van der Waals surface area contributed by atoms with Crippen LogP contribution < -0.4 is 0 Å². The van der Waals surface area contributed by atoms with Crippen LogP contribution in [0.25, 0.3) is 0 Å². The molecule has 2 aliphatic rings. The third-order valence-electron chi connectivity index (χ3n) is 3.48. The zero-order valence-corrected chi connectivity index (χ0v) is 10.2. The van der Waals surface area contributed by atoms with Crippen molar-refractivity contribution in [1.29, 1.82) is 0 Å². The number of ether oxygens (including phenoxy) is 1. The molecular formula is C13H21NO2. The van der Waals surface area contributed by atoms with Crippen LogP contribution >= 0.6 is 0 Å². The van der Waals surface area contributed by atoms with Crippen molar-refractivity contribution in [3.05, 3.63) is 12.2 Å². The molecule has 16 heavy (non-hydrogen) atoms. The molecule has 2 rings (SSSR count). The van der Waals surface area contributed by atoms with Gasteiger partial charge >= 0.3 is 0 Å². The molecular weight excluding hydrogens is 202 g/mol. The summed E-state index contributed by atoms with van der Waals surface area (Å²) in [6.07, 6.45) is 7.50. The van der Waals surface area contributed by atoms with Gasteiger partial charge in [-0.25, -0.2) is 0 Å². The molecule has 0 unspecified atom stereocenters. The van der Waals surface area contributed by atoms with E-state index in [-0.39, 0.29) is 12.1 Å². The summed E-state index contributed by atoms with van der Waals surface area (Å²) in [7, 11) is 0. The van der Waals surface area contributed by atoms with E-state index in [1.807, 2.05) is 11.8 Å². The first-order chi connectivity index (χ1) is 7.66. The Bertz CT molecular complexity index is 288. The summed E-state index contributed by atoms with van der Waals surface area (Å²) in [5, 5.41) is 0. The molecule has 3 nitrogen and oxygen atoms in total. The maximum Gasteiger partial charge on any atom is 0.223 e. The molecule has 1 amide bonds. The average molecular weight is 223 g/mol. The van der Waals surface area contributed by atoms with E-state index in [0.29, 0.717) is 24.9 Å². The third kappa shape index (κ3) is 2.64. The molecule has 0 spiro atoms. The van der Waals surface area contributed by atoms with E-state index in [0.717, 1.165) is 19.4 Å². The van der Waals surface area contributed by atoms with E-state index in [2.05, 4.69) is 19.1 Å². The molecule has 1 aliphatic carbocycles. The second kappa shape index (κ2) is 5.00. The number of allylic oxidation sites excluding steroid dienone is 2.